The fourth-order valence-electron chi connectivity index (χ4n) is 2.88. The molecule has 0 aromatic heterocycles. The number of nitrogens with zero attached hydrogens (tertiary/aromatic N) is 2. The Bertz CT molecular complexity index is 1210. The molecular weight excluding hydrogens is 386 g/mol. The van der Waals surface area contributed by atoms with Crippen molar-refractivity contribution in [2.24, 2.45) is 0 Å². The Morgan fingerprint density at radius 1 is 0.931 bits per heavy atom. The van der Waals surface area contributed by atoms with Crippen LogP contribution in [-0.4, -0.2) is 32.7 Å². The van der Waals surface area contributed by atoms with Crippen molar-refractivity contribution in [2.75, 3.05) is 19.4 Å². The van der Waals surface area contributed by atoms with E-state index in [1.54, 1.807) is 60.7 Å². The third kappa shape index (κ3) is 4.19. The summed E-state index contributed by atoms with van der Waals surface area (Å²) in [6.45, 7) is 0. The van der Waals surface area contributed by atoms with Crippen molar-refractivity contribution in [1.29, 1.82) is 5.26 Å². The van der Waals surface area contributed by atoms with Crippen LogP contribution < -0.4 is 5.32 Å². The van der Waals surface area contributed by atoms with Crippen molar-refractivity contribution >= 4 is 21.6 Å². The molecule has 3 aromatic carbocycles. The molecule has 0 atom stereocenters. The second-order valence-corrected chi connectivity index (χ2v) is 8.62. The molecule has 0 saturated heterocycles. The van der Waals surface area contributed by atoms with Crippen molar-refractivity contribution in [2.45, 2.75) is 4.90 Å². The first-order valence-electron chi connectivity index (χ1n) is 8.77. The first-order valence-corrected chi connectivity index (χ1v) is 10.2. The van der Waals surface area contributed by atoms with Crippen LogP contribution in [0.15, 0.2) is 77.7 Å². The molecule has 0 heterocycles. The fourth-order valence-corrected chi connectivity index (χ4v) is 3.82. The standard InChI is InChI=1S/C22H19N3O3S/c1-25(2)29(27,28)18-10-7-9-17(14-18)24-22(26)21-13-6-5-12-20(21)19-11-4-3-8-16(19)15-23/h3-14H,1-2H3,(H,24,26). The summed E-state index contributed by atoms with van der Waals surface area (Å²) in [4.78, 5) is 13.0. The number of carbonyl (C=O) groups is 1. The highest BCUT2D eigenvalue weighted by Gasteiger charge is 2.19. The lowest BCUT2D eigenvalue weighted by molar-refractivity contribution is 0.102. The van der Waals surface area contributed by atoms with Crippen molar-refractivity contribution in [1.82, 2.24) is 4.31 Å². The van der Waals surface area contributed by atoms with Gasteiger partial charge in [0, 0.05) is 30.9 Å². The minimum Gasteiger partial charge on any atom is -0.322 e. The number of sulfonamides is 1. The third-order valence-electron chi connectivity index (χ3n) is 4.38. The Balaban J connectivity index is 1.97. The normalized spacial score (nSPS) is 11.1. The zero-order chi connectivity index (χ0) is 21.0. The van der Waals surface area contributed by atoms with Crippen LogP contribution in [0.5, 0.6) is 0 Å². The zero-order valence-corrected chi connectivity index (χ0v) is 16.8. The number of anilines is 1. The average molecular weight is 405 g/mol. The van der Waals surface area contributed by atoms with Crippen LogP contribution in [-0.2, 0) is 10.0 Å². The van der Waals surface area contributed by atoms with Gasteiger partial charge in [-0.1, -0.05) is 42.5 Å². The monoisotopic (exact) mass is 405 g/mol. The Labute approximate surface area is 170 Å². The van der Waals surface area contributed by atoms with Crippen LogP contribution in [0, 0.1) is 11.3 Å². The van der Waals surface area contributed by atoms with Gasteiger partial charge in [0.15, 0.2) is 0 Å². The number of hydrogen-bond donors (Lipinski definition) is 1. The number of benzene rings is 3. The minimum atomic E-state index is -3.61. The Morgan fingerprint density at radius 3 is 2.28 bits per heavy atom. The molecule has 6 nitrogen and oxygen atoms in total. The van der Waals surface area contributed by atoms with Gasteiger partial charge in [0.25, 0.3) is 5.91 Å². The largest absolute Gasteiger partial charge is 0.322 e. The van der Waals surface area contributed by atoms with Gasteiger partial charge in [-0.25, -0.2) is 12.7 Å². The molecule has 146 valence electrons. The average Bonchev–Trinajstić information content (AvgIpc) is 2.73. The van der Waals surface area contributed by atoms with Gasteiger partial charge < -0.3 is 5.32 Å². The van der Waals surface area contributed by atoms with Crippen LogP contribution >= 0.6 is 0 Å². The van der Waals surface area contributed by atoms with E-state index in [-0.39, 0.29) is 4.90 Å². The molecule has 3 aromatic rings. The van der Waals surface area contributed by atoms with E-state index < -0.39 is 15.9 Å². The SMILES string of the molecule is CN(C)S(=O)(=O)c1cccc(NC(=O)c2ccccc2-c2ccccc2C#N)c1. The molecular formula is C22H19N3O3S. The number of rotatable bonds is 5. The molecule has 1 amide bonds. The fraction of sp³-hybridized carbons (Fsp3) is 0.0909. The number of carbonyl (C=O) groups excluding carboxylic acids is 1. The maximum atomic E-state index is 12.9. The smallest absolute Gasteiger partial charge is 0.256 e. The van der Waals surface area contributed by atoms with Crippen LogP contribution in [0.1, 0.15) is 15.9 Å². The Kier molecular flexibility index (Phi) is 5.78. The van der Waals surface area contributed by atoms with Gasteiger partial charge in [-0.05, 0) is 35.9 Å². The molecule has 0 saturated carbocycles. The van der Waals surface area contributed by atoms with Crippen molar-refractivity contribution < 1.29 is 13.2 Å². The van der Waals surface area contributed by atoms with Gasteiger partial charge in [-0.2, -0.15) is 5.26 Å². The quantitative estimate of drug-likeness (QED) is 0.700. The summed E-state index contributed by atoms with van der Waals surface area (Å²) in [7, 11) is -0.718. The Hall–Kier alpha value is -3.47. The summed E-state index contributed by atoms with van der Waals surface area (Å²) >= 11 is 0. The van der Waals surface area contributed by atoms with Crippen LogP contribution in [0.3, 0.4) is 0 Å². The molecule has 0 aliphatic carbocycles. The molecule has 0 aliphatic rings. The van der Waals surface area contributed by atoms with E-state index in [1.165, 1.54) is 26.2 Å². The second-order valence-electron chi connectivity index (χ2n) is 6.47. The van der Waals surface area contributed by atoms with Gasteiger partial charge in [0.1, 0.15) is 0 Å². The predicted octanol–water partition coefficient (Wildman–Crippen LogP) is 3.73. The first-order chi connectivity index (χ1) is 13.8. The summed E-state index contributed by atoms with van der Waals surface area (Å²) in [5, 5.41) is 12.1. The number of hydrogen-bond acceptors (Lipinski definition) is 4. The van der Waals surface area contributed by atoms with E-state index in [1.807, 2.05) is 0 Å². The molecule has 0 bridgehead atoms. The predicted molar refractivity (Wildman–Crippen MR) is 112 cm³/mol. The van der Waals surface area contributed by atoms with Gasteiger partial charge in [0.2, 0.25) is 10.0 Å². The second kappa shape index (κ2) is 8.27. The molecule has 3 rings (SSSR count). The van der Waals surface area contributed by atoms with Crippen LogP contribution in [0.2, 0.25) is 0 Å². The molecule has 0 fully saturated rings. The number of amides is 1. The van der Waals surface area contributed by atoms with E-state index in [9.17, 15) is 18.5 Å². The van der Waals surface area contributed by atoms with Gasteiger partial charge in [-0.3, -0.25) is 4.79 Å². The summed E-state index contributed by atoms with van der Waals surface area (Å²) < 4.78 is 25.8. The highest BCUT2D eigenvalue weighted by Crippen LogP contribution is 2.28. The lowest BCUT2D eigenvalue weighted by Gasteiger charge is -2.14. The van der Waals surface area contributed by atoms with Crippen molar-refractivity contribution in [3.8, 4) is 17.2 Å². The van der Waals surface area contributed by atoms with Gasteiger partial charge in [0.05, 0.1) is 16.5 Å². The lowest BCUT2D eigenvalue weighted by atomic mass is 9.95. The molecule has 0 unspecified atom stereocenters. The summed E-state index contributed by atoms with van der Waals surface area (Å²) in [6.07, 6.45) is 0. The molecule has 0 spiro atoms. The van der Waals surface area contributed by atoms with E-state index in [2.05, 4.69) is 11.4 Å². The lowest BCUT2D eigenvalue weighted by Crippen LogP contribution is -2.22. The molecule has 0 radical (unpaired) electrons. The summed E-state index contributed by atoms with van der Waals surface area (Å²) in [5.74, 6) is -0.396. The van der Waals surface area contributed by atoms with E-state index in [4.69, 9.17) is 0 Å². The minimum absolute atomic E-state index is 0.0865. The molecule has 1 N–H and O–H groups in total. The van der Waals surface area contributed by atoms with Crippen LogP contribution in [0.25, 0.3) is 11.1 Å². The van der Waals surface area contributed by atoms with Crippen molar-refractivity contribution in [3.05, 3.63) is 83.9 Å². The molecule has 7 heteroatoms. The van der Waals surface area contributed by atoms with Gasteiger partial charge >= 0.3 is 0 Å². The molecule has 0 aliphatic heterocycles. The highest BCUT2D eigenvalue weighted by molar-refractivity contribution is 7.89. The third-order valence-corrected chi connectivity index (χ3v) is 6.19. The number of nitriles is 1. The van der Waals surface area contributed by atoms with Crippen LogP contribution in [0.4, 0.5) is 5.69 Å². The van der Waals surface area contributed by atoms with E-state index in [0.29, 0.717) is 27.9 Å². The first kappa shape index (κ1) is 20.3. The summed E-state index contributed by atoms with van der Waals surface area (Å²) in [6, 6.07) is 22.3. The topological polar surface area (TPSA) is 90.3 Å². The number of nitrogens with one attached hydrogen (secondary N) is 1. The highest BCUT2D eigenvalue weighted by atomic mass is 32.2. The molecule has 29 heavy (non-hydrogen) atoms. The Morgan fingerprint density at radius 2 is 1.59 bits per heavy atom. The summed E-state index contributed by atoms with van der Waals surface area (Å²) in [5.41, 5.74) is 2.49. The van der Waals surface area contributed by atoms with E-state index >= 15 is 0 Å². The van der Waals surface area contributed by atoms with Crippen molar-refractivity contribution in [3.63, 3.8) is 0 Å². The zero-order valence-electron chi connectivity index (χ0n) is 16.0. The van der Waals surface area contributed by atoms with E-state index in [0.717, 1.165) is 4.31 Å². The van der Waals surface area contributed by atoms with Gasteiger partial charge in [-0.15, -0.1) is 0 Å². The maximum Gasteiger partial charge on any atom is 0.256 e. The maximum absolute atomic E-state index is 12.9.